The summed E-state index contributed by atoms with van der Waals surface area (Å²) in [6.45, 7) is 0.00199. The molecule has 64 valence electrons. The number of rotatable bonds is 2. The summed E-state index contributed by atoms with van der Waals surface area (Å²) in [5, 5.41) is 8.20. The molecule has 0 unspecified atom stereocenters. The van der Waals surface area contributed by atoms with E-state index in [1.54, 1.807) is 24.3 Å². The smallest absolute Gasteiger partial charge is 0.450 e. The summed E-state index contributed by atoms with van der Waals surface area (Å²) < 4.78 is 4.35. The van der Waals surface area contributed by atoms with E-state index < -0.39 is 6.16 Å². The monoisotopic (exact) mass is 167 g/mol. The van der Waals surface area contributed by atoms with Crippen LogP contribution in [0.15, 0.2) is 24.3 Å². The average molecular weight is 167 g/mol. The van der Waals surface area contributed by atoms with E-state index in [1.807, 2.05) is 0 Å². The number of hydrogen-bond donors (Lipinski definition) is 2. The third-order valence-corrected chi connectivity index (χ3v) is 1.41. The van der Waals surface area contributed by atoms with Gasteiger partial charge in [-0.15, -0.1) is 0 Å². The Bertz CT molecular complexity index is 285. The van der Waals surface area contributed by atoms with Crippen LogP contribution in [0.25, 0.3) is 0 Å². The van der Waals surface area contributed by atoms with Gasteiger partial charge in [0.15, 0.2) is 0 Å². The second kappa shape index (κ2) is 3.61. The molecule has 0 fully saturated rings. The molecule has 0 aliphatic rings. The van der Waals surface area contributed by atoms with Gasteiger partial charge < -0.3 is 15.6 Å². The molecule has 0 aliphatic carbocycles. The maximum atomic E-state index is 10.0. The Morgan fingerprint density at radius 2 is 2.17 bits per heavy atom. The lowest BCUT2D eigenvalue weighted by atomic mass is 10.2. The van der Waals surface area contributed by atoms with Crippen molar-refractivity contribution >= 4 is 11.8 Å². The molecule has 1 aromatic rings. The molecule has 0 aromatic heterocycles. The maximum Gasteiger partial charge on any atom is 0.506 e. The van der Waals surface area contributed by atoms with E-state index >= 15 is 0 Å². The summed E-state index contributed by atoms with van der Waals surface area (Å²) in [4.78, 5) is 10.0. The normalized spacial score (nSPS) is 9.33. The first-order chi connectivity index (χ1) is 5.70. The molecule has 0 spiro atoms. The molecule has 0 aliphatic heterocycles. The Morgan fingerprint density at radius 1 is 1.50 bits per heavy atom. The Hall–Kier alpha value is -1.71. The number of nitrogens with two attached hydrogens (primary N) is 1. The standard InChI is InChI=1S/C8H9NO3/c9-7-4-2-1-3-6(7)5-12-8(10)11/h1-4H,5,9H2,(H,10,11). The molecule has 4 nitrogen and oxygen atoms in total. The van der Waals surface area contributed by atoms with Crippen molar-refractivity contribution in [3.8, 4) is 0 Å². The molecule has 12 heavy (non-hydrogen) atoms. The lowest BCUT2D eigenvalue weighted by Crippen LogP contribution is -2.02. The zero-order valence-corrected chi connectivity index (χ0v) is 6.36. The highest BCUT2D eigenvalue weighted by molar-refractivity contribution is 5.57. The number of hydrogen-bond acceptors (Lipinski definition) is 3. The summed E-state index contributed by atoms with van der Waals surface area (Å²) in [6, 6.07) is 6.97. The van der Waals surface area contributed by atoms with Gasteiger partial charge in [0, 0.05) is 11.3 Å². The summed E-state index contributed by atoms with van der Waals surface area (Å²) in [7, 11) is 0. The second-order valence-corrected chi connectivity index (χ2v) is 2.25. The van der Waals surface area contributed by atoms with Crippen LogP contribution in [-0.2, 0) is 11.3 Å². The van der Waals surface area contributed by atoms with E-state index in [1.165, 1.54) is 0 Å². The van der Waals surface area contributed by atoms with Gasteiger partial charge in [0.2, 0.25) is 0 Å². The molecular formula is C8H9NO3. The lowest BCUT2D eigenvalue weighted by Gasteiger charge is -2.03. The van der Waals surface area contributed by atoms with Crippen LogP contribution in [-0.4, -0.2) is 11.3 Å². The van der Waals surface area contributed by atoms with Crippen LogP contribution in [0.5, 0.6) is 0 Å². The van der Waals surface area contributed by atoms with Crippen LogP contribution in [0.2, 0.25) is 0 Å². The summed E-state index contributed by atoms with van der Waals surface area (Å²) in [5.41, 5.74) is 6.75. The van der Waals surface area contributed by atoms with Gasteiger partial charge in [0.25, 0.3) is 0 Å². The largest absolute Gasteiger partial charge is 0.506 e. The molecule has 0 saturated carbocycles. The first kappa shape index (κ1) is 8.39. The first-order valence-corrected chi connectivity index (χ1v) is 3.39. The van der Waals surface area contributed by atoms with Crippen molar-refractivity contribution < 1.29 is 14.6 Å². The summed E-state index contributed by atoms with van der Waals surface area (Å²) >= 11 is 0. The van der Waals surface area contributed by atoms with Crippen LogP contribution < -0.4 is 5.73 Å². The van der Waals surface area contributed by atoms with E-state index in [9.17, 15) is 4.79 Å². The Labute approximate surface area is 69.6 Å². The number of carboxylic acid groups (broad SMARTS) is 1. The minimum atomic E-state index is -1.29. The van der Waals surface area contributed by atoms with Gasteiger partial charge >= 0.3 is 6.16 Å². The number of anilines is 1. The topological polar surface area (TPSA) is 72.5 Å². The summed E-state index contributed by atoms with van der Waals surface area (Å²) in [5.74, 6) is 0. The molecule has 4 heteroatoms. The van der Waals surface area contributed by atoms with Gasteiger partial charge in [-0.05, 0) is 6.07 Å². The molecule has 0 atom stereocenters. The first-order valence-electron chi connectivity index (χ1n) is 3.39. The zero-order valence-electron chi connectivity index (χ0n) is 6.36. The predicted octanol–water partition coefficient (Wildman–Crippen LogP) is 1.46. The molecule has 3 N–H and O–H groups in total. The van der Waals surface area contributed by atoms with Gasteiger partial charge in [-0.1, -0.05) is 18.2 Å². The van der Waals surface area contributed by atoms with Crippen LogP contribution in [0, 0.1) is 0 Å². The van der Waals surface area contributed by atoms with Gasteiger partial charge in [-0.25, -0.2) is 4.79 Å². The van der Waals surface area contributed by atoms with E-state index in [0.29, 0.717) is 11.3 Å². The lowest BCUT2D eigenvalue weighted by molar-refractivity contribution is 0.0856. The van der Waals surface area contributed by atoms with E-state index in [-0.39, 0.29) is 6.61 Å². The molecule has 1 aromatic carbocycles. The molecule has 0 heterocycles. The number of benzene rings is 1. The molecule has 0 bridgehead atoms. The Balaban J connectivity index is 2.63. The fourth-order valence-corrected chi connectivity index (χ4v) is 0.805. The predicted molar refractivity (Wildman–Crippen MR) is 43.7 cm³/mol. The van der Waals surface area contributed by atoms with Crippen LogP contribution in [0.1, 0.15) is 5.56 Å². The molecule has 0 radical (unpaired) electrons. The van der Waals surface area contributed by atoms with Crippen molar-refractivity contribution in [2.75, 3.05) is 5.73 Å². The fraction of sp³-hybridized carbons (Fsp3) is 0.125. The van der Waals surface area contributed by atoms with Crippen molar-refractivity contribution in [3.05, 3.63) is 29.8 Å². The van der Waals surface area contributed by atoms with Crippen molar-refractivity contribution in [3.63, 3.8) is 0 Å². The highest BCUT2D eigenvalue weighted by atomic mass is 16.7. The van der Waals surface area contributed by atoms with E-state index in [0.717, 1.165) is 0 Å². The van der Waals surface area contributed by atoms with Crippen molar-refractivity contribution in [1.82, 2.24) is 0 Å². The number of nitrogen functional groups attached to an aromatic ring is 1. The minimum absolute atomic E-state index is 0.00199. The highest BCUT2D eigenvalue weighted by Gasteiger charge is 2.00. The molecule has 1 rings (SSSR count). The van der Waals surface area contributed by atoms with E-state index in [4.69, 9.17) is 10.8 Å². The number of ether oxygens (including phenoxy) is 1. The second-order valence-electron chi connectivity index (χ2n) is 2.25. The van der Waals surface area contributed by atoms with Crippen molar-refractivity contribution in [2.24, 2.45) is 0 Å². The van der Waals surface area contributed by atoms with E-state index in [2.05, 4.69) is 4.74 Å². The van der Waals surface area contributed by atoms with Crippen molar-refractivity contribution in [2.45, 2.75) is 6.61 Å². The molecule has 0 saturated heterocycles. The summed E-state index contributed by atoms with van der Waals surface area (Å²) in [6.07, 6.45) is -1.29. The minimum Gasteiger partial charge on any atom is -0.450 e. The number of para-hydroxylation sites is 1. The number of carbonyl (C=O) groups is 1. The Kier molecular flexibility index (Phi) is 2.53. The van der Waals surface area contributed by atoms with Gasteiger partial charge in [-0.3, -0.25) is 0 Å². The van der Waals surface area contributed by atoms with Crippen molar-refractivity contribution in [1.29, 1.82) is 0 Å². The molecule has 0 amide bonds. The maximum absolute atomic E-state index is 10.0. The van der Waals surface area contributed by atoms with Gasteiger partial charge in [-0.2, -0.15) is 0 Å². The van der Waals surface area contributed by atoms with Crippen LogP contribution >= 0.6 is 0 Å². The van der Waals surface area contributed by atoms with Gasteiger partial charge in [0.05, 0.1) is 0 Å². The van der Waals surface area contributed by atoms with Gasteiger partial charge in [0.1, 0.15) is 6.61 Å². The highest BCUT2D eigenvalue weighted by Crippen LogP contribution is 2.11. The zero-order chi connectivity index (χ0) is 8.97. The quantitative estimate of drug-likeness (QED) is 0.516. The Morgan fingerprint density at radius 3 is 2.75 bits per heavy atom. The third-order valence-electron chi connectivity index (χ3n) is 1.41. The third kappa shape index (κ3) is 2.16. The molecular weight excluding hydrogens is 158 g/mol. The van der Waals surface area contributed by atoms with Crippen LogP contribution in [0.3, 0.4) is 0 Å². The average Bonchev–Trinajstić information content (AvgIpc) is 2.03. The fourth-order valence-electron chi connectivity index (χ4n) is 0.805. The SMILES string of the molecule is Nc1ccccc1COC(=O)O. The van der Waals surface area contributed by atoms with Crippen LogP contribution in [0.4, 0.5) is 10.5 Å².